The zero-order valence-corrected chi connectivity index (χ0v) is 16.8. The van der Waals surface area contributed by atoms with E-state index >= 15 is 0 Å². The Morgan fingerprint density at radius 2 is 2.09 bits per heavy atom. The molecule has 1 N–H and O–H groups in total. The van der Waals surface area contributed by atoms with Crippen molar-refractivity contribution in [3.05, 3.63) is 47.0 Å². The van der Waals surface area contributed by atoms with Crippen LogP contribution in [0, 0.1) is 11.3 Å². The van der Waals surface area contributed by atoms with Crippen molar-refractivity contribution in [2.45, 2.75) is 44.6 Å². The number of nitriles is 1. The fraction of sp³-hybridized carbons (Fsp3) is 0.350. The molecular weight excluding hydrogens is 432 g/mol. The molecule has 8 nitrogen and oxygen atoms in total. The molecule has 1 aliphatic carbocycles. The molecule has 0 aromatic carbocycles. The van der Waals surface area contributed by atoms with Crippen LogP contribution in [0.1, 0.15) is 55.0 Å². The fourth-order valence-electron chi connectivity index (χ4n) is 3.99. The Balaban J connectivity index is 1.66. The maximum absolute atomic E-state index is 13.1. The monoisotopic (exact) mass is 448 g/mol. The minimum Gasteiger partial charge on any atom is -0.415 e. The smallest absolute Gasteiger partial charge is 0.388 e. The average molecular weight is 448 g/mol. The number of anilines is 1. The Bertz CT molecular complexity index is 1250. The van der Waals surface area contributed by atoms with Crippen LogP contribution in [0.2, 0.25) is 0 Å². The summed E-state index contributed by atoms with van der Waals surface area (Å²) >= 11 is 0. The minimum absolute atomic E-state index is 0.120. The third kappa shape index (κ3) is 3.70. The number of carbonyl (C=O) groups is 1. The highest BCUT2D eigenvalue weighted by Gasteiger charge is 2.43. The lowest BCUT2D eigenvalue weighted by Gasteiger charge is -2.19. The van der Waals surface area contributed by atoms with Crippen molar-refractivity contribution in [1.82, 2.24) is 19.6 Å². The maximum Gasteiger partial charge on any atom is 0.388 e. The van der Waals surface area contributed by atoms with Crippen molar-refractivity contribution >= 4 is 17.2 Å². The van der Waals surface area contributed by atoms with E-state index < -0.39 is 41.9 Å². The summed E-state index contributed by atoms with van der Waals surface area (Å²) in [6.45, 7) is 0.605. The molecule has 1 amide bonds. The third-order valence-electron chi connectivity index (χ3n) is 5.29. The van der Waals surface area contributed by atoms with Crippen LogP contribution < -0.4 is 10.1 Å². The fourth-order valence-corrected chi connectivity index (χ4v) is 3.99. The molecule has 3 heterocycles. The third-order valence-corrected chi connectivity index (χ3v) is 5.29. The van der Waals surface area contributed by atoms with E-state index in [1.807, 2.05) is 13.8 Å². The number of carbonyl (C=O) groups excluding carboxylic acids is 1. The summed E-state index contributed by atoms with van der Waals surface area (Å²) in [5, 5.41) is 15.9. The molecule has 3 aromatic rings. The molecule has 0 saturated heterocycles. The van der Waals surface area contributed by atoms with Crippen LogP contribution in [0.3, 0.4) is 0 Å². The molecule has 4 rings (SSSR count). The SMILES string of the molecule is CC1(C)C[C@H](C(=O)Nc2cnc(OC(F)F)c(C#N)c2)c2cnn3cc(C(F)F)nc3c21. The lowest BCUT2D eigenvalue weighted by molar-refractivity contribution is -0.117. The molecule has 166 valence electrons. The number of amides is 1. The van der Waals surface area contributed by atoms with Gasteiger partial charge in [0.1, 0.15) is 17.3 Å². The second-order valence-electron chi connectivity index (χ2n) is 7.91. The molecule has 0 spiro atoms. The molecule has 0 bridgehead atoms. The Kier molecular flexibility index (Phi) is 5.20. The van der Waals surface area contributed by atoms with Crippen molar-refractivity contribution in [2.75, 3.05) is 5.32 Å². The van der Waals surface area contributed by atoms with Crippen LogP contribution in [-0.2, 0) is 10.2 Å². The predicted octanol–water partition coefficient (Wildman–Crippen LogP) is 3.94. The predicted molar refractivity (Wildman–Crippen MR) is 103 cm³/mol. The van der Waals surface area contributed by atoms with Crippen molar-refractivity contribution < 1.29 is 27.1 Å². The van der Waals surface area contributed by atoms with Crippen molar-refractivity contribution in [3.63, 3.8) is 0 Å². The number of nitrogens with zero attached hydrogens (tertiary/aromatic N) is 5. The Morgan fingerprint density at radius 3 is 2.75 bits per heavy atom. The quantitative estimate of drug-likeness (QED) is 0.593. The van der Waals surface area contributed by atoms with Gasteiger partial charge in [-0.05, 0) is 23.5 Å². The van der Waals surface area contributed by atoms with Crippen molar-refractivity contribution in [1.29, 1.82) is 5.26 Å². The normalized spacial score (nSPS) is 16.9. The van der Waals surface area contributed by atoms with Crippen molar-refractivity contribution in [3.8, 4) is 11.9 Å². The molecule has 0 radical (unpaired) electrons. The lowest BCUT2D eigenvalue weighted by Crippen LogP contribution is -2.21. The summed E-state index contributed by atoms with van der Waals surface area (Å²) in [6.07, 6.45) is 1.31. The Morgan fingerprint density at radius 1 is 1.34 bits per heavy atom. The van der Waals surface area contributed by atoms with Crippen LogP contribution in [-0.4, -0.2) is 32.1 Å². The zero-order chi connectivity index (χ0) is 23.2. The molecule has 1 aliphatic rings. The zero-order valence-electron chi connectivity index (χ0n) is 16.8. The van der Waals surface area contributed by atoms with Crippen LogP contribution >= 0.6 is 0 Å². The number of fused-ring (bicyclic) bond motifs is 3. The van der Waals surface area contributed by atoms with E-state index in [-0.39, 0.29) is 16.9 Å². The average Bonchev–Trinajstić information content (AvgIpc) is 3.27. The van der Waals surface area contributed by atoms with Gasteiger partial charge >= 0.3 is 6.61 Å². The van der Waals surface area contributed by atoms with Crippen LogP contribution in [0.15, 0.2) is 24.7 Å². The number of ether oxygens (including phenoxy) is 1. The molecule has 32 heavy (non-hydrogen) atoms. The standard InChI is InChI=1S/C20H16F4N6O2/c1-20(2)4-11(12-7-27-30-8-13(15(21)22)29-16(30)14(12)20)17(31)28-10-3-9(5-25)18(26-6-10)32-19(23)24/h3,6-8,11,15,19H,4H2,1-2H3,(H,28,31)/t11-/m0/s1. The van der Waals surface area contributed by atoms with Gasteiger partial charge in [-0.1, -0.05) is 13.8 Å². The Labute approximate surface area is 178 Å². The van der Waals surface area contributed by atoms with Gasteiger partial charge in [-0.25, -0.2) is 23.3 Å². The van der Waals surface area contributed by atoms with Gasteiger partial charge in [0.2, 0.25) is 11.8 Å². The Hall–Kier alpha value is -3.75. The number of nitrogens with one attached hydrogen (secondary N) is 1. The first-order valence-electron chi connectivity index (χ1n) is 9.43. The van der Waals surface area contributed by atoms with E-state index in [0.29, 0.717) is 17.5 Å². The van der Waals surface area contributed by atoms with Gasteiger partial charge in [0.25, 0.3) is 6.43 Å². The van der Waals surface area contributed by atoms with Gasteiger partial charge in [-0.2, -0.15) is 19.1 Å². The summed E-state index contributed by atoms with van der Waals surface area (Å²) < 4.78 is 56.5. The summed E-state index contributed by atoms with van der Waals surface area (Å²) in [5.41, 5.74) is 0.353. The van der Waals surface area contributed by atoms with E-state index in [1.165, 1.54) is 16.8 Å². The number of aromatic nitrogens is 4. The van der Waals surface area contributed by atoms with Crippen LogP contribution in [0.4, 0.5) is 23.2 Å². The summed E-state index contributed by atoms with van der Waals surface area (Å²) in [6, 6.07) is 2.87. The number of pyridine rings is 1. The first kappa shape index (κ1) is 21.5. The number of alkyl halides is 4. The highest BCUT2D eigenvalue weighted by molar-refractivity contribution is 5.97. The first-order valence-corrected chi connectivity index (χ1v) is 9.43. The number of rotatable bonds is 5. The van der Waals surface area contributed by atoms with E-state index in [0.717, 1.165) is 12.4 Å². The van der Waals surface area contributed by atoms with Gasteiger partial charge in [-0.3, -0.25) is 4.79 Å². The van der Waals surface area contributed by atoms with E-state index in [9.17, 15) is 22.4 Å². The van der Waals surface area contributed by atoms with E-state index in [4.69, 9.17) is 5.26 Å². The number of hydrogen-bond acceptors (Lipinski definition) is 6. The van der Waals surface area contributed by atoms with Gasteiger partial charge in [0.15, 0.2) is 5.65 Å². The van der Waals surface area contributed by atoms with Gasteiger partial charge < -0.3 is 10.1 Å². The lowest BCUT2D eigenvalue weighted by atomic mass is 9.86. The molecule has 1 atom stereocenters. The number of hydrogen-bond donors (Lipinski definition) is 1. The first-order chi connectivity index (χ1) is 15.1. The highest BCUT2D eigenvalue weighted by Crippen LogP contribution is 2.47. The molecule has 3 aromatic heterocycles. The van der Waals surface area contributed by atoms with Gasteiger partial charge in [-0.15, -0.1) is 0 Å². The number of halogens is 4. The maximum atomic E-state index is 13.1. The number of imidazole rings is 1. The molecular formula is C20H16F4N6O2. The molecule has 0 saturated carbocycles. The molecule has 0 aliphatic heterocycles. The van der Waals surface area contributed by atoms with E-state index in [1.54, 1.807) is 6.07 Å². The van der Waals surface area contributed by atoms with Crippen LogP contribution in [0.5, 0.6) is 5.88 Å². The topological polar surface area (TPSA) is 105 Å². The molecule has 12 heteroatoms. The van der Waals surface area contributed by atoms with Gasteiger partial charge in [0, 0.05) is 5.56 Å². The molecule has 0 unspecified atom stereocenters. The second-order valence-corrected chi connectivity index (χ2v) is 7.91. The van der Waals surface area contributed by atoms with Crippen molar-refractivity contribution in [2.24, 2.45) is 0 Å². The van der Waals surface area contributed by atoms with Gasteiger partial charge in [0.05, 0.1) is 30.2 Å². The highest BCUT2D eigenvalue weighted by atomic mass is 19.3. The summed E-state index contributed by atoms with van der Waals surface area (Å²) in [5.74, 6) is -1.67. The largest absolute Gasteiger partial charge is 0.415 e. The van der Waals surface area contributed by atoms with E-state index in [2.05, 4.69) is 25.1 Å². The summed E-state index contributed by atoms with van der Waals surface area (Å²) in [4.78, 5) is 20.7. The second kappa shape index (κ2) is 7.74. The summed E-state index contributed by atoms with van der Waals surface area (Å²) in [7, 11) is 0. The molecule has 0 fully saturated rings. The van der Waals surface area contributed by atoms with Crippen LogP contribution in [0.25, 0.3) is 5.65 Å². The minimum atomic E-state index is -3.15.